The number of hydrogen-bond acceptors (Lipinski definition) is 5. The van der Waals surface area contributed by atoms with Crippen LogP contribution in [0.1, 0.15) is 50.6 Å². The molecule has 0 atom stereocenters. The van der Waals surface area contributed by atoms with Crippen molar-refractivity contribution in [3.05, 3.63) is 89.2 Å². The van der Waals surface area contributed by atoms with E-state index < -0.39 is 11.9 Å². The molecule has 6 nitrogen and oxygen atoms in total. The van der Waals surface area contributed by atoms with Gasteiger partial charge in [0, 0.05) is 17.1 Å². The molecule has 0 fully saturated rings. The first kappa shape index (κ1) is 20.3. The summed E-state index contributed by atoms with van der Waals surface area (Å²) < 4.78 is 12.0. The molecule has 0 aliphatic heterocycles. The van der Waals surface area contributed by atoms with Crippen LogP contribution in [0.3, 0.4) is 0 Å². The smallest absolute Gasteiger partial charge is 0.356 e. The van der Waals surface area contributed by atoms with E-state index in [-0.39, 0.29) is 35.8 Å². The van der Waals surface area contributed by atoms with E-state index in [9.17, 15) is 14.4 Å². The lowest BCUT2D eigenvalue weighted by Crippen LogP contribution is -2.17. The number of nitrogens with zero attached hydrogens (tertiary/aromatic N) is 1. The van der Waals surface area contributed by atoms with Crippen LogP contribution in [0, 0.1) is 0 Å². The number of carbonyl (C=O) groups is 3. The molecule has 0 aliphatic carbocycles. The molecule has 0 saturated heterocycles. The van der Waals surface area contributed by atoms with E-state index in [0.29, 0.717) is 11.1 Å². The summed E-state index contributed by atoms with van der Waals surface area (Å²) in [6.45, 7) is 3.59. The summed E-state index contributed by atoms with van der Waals surface area (Å²) >= 11 is 0. The van der Waals surface area contributed by atoms with E-state index >= 15 is 0 Å². The number of fused-ring (bicyclic) bond motifs is 3. The average Bonchev–Trinajstić information content (AvgIpc) is 3.15. The third-order valence-electron chi connectivity index (χ3n) is 5.04. The van der Waals surface area contributed by atoms with Gasteiger partial charge >= 0.3 is 11.9 Å². The zero-order valence-corrected chi connectivity index (χ0v) is 17.3. The number of rotatable bonds is 6. The molecule has 6 heteroatoms. The maximum Gasteiger partial charge on any atom is 0.356 e. The average molecular weight is 415 g/mol. The van der Waals surface area contributed by atoms with Crippen LogP contribution in [0.15, 0.2) is 66.9 Å². The second kappa shape index (κ2) is 8.44. The highest BCUT2D eigenvalue weighted by atomic mass is 16.5. The minimum atomic E-state index is -0.738. The fourth-order valence-corrected chi connectivity index (χ4v) is 3.77. The molecule has 156 valence electrons. The van der Waals surface area contributed by atoms with Crippen molar-refractivity contribution in [3.8, 4) is 0 Å². The lowest BCUT2D eigenvalue weighted by molar-refractivity contribution is 0.0473. The largest absolute Gasteiger partial charge is 0.462 e. The number of aromatic nitrogens is 1. The zero-order valence-electron chi connectivity index (χ0n) is 17.3. The van der Waals surface area contributed by atoms with Gasteiger partial charge < -0.3 is 13.9 Å². The molecule has 0 bridgehead atoms. The van der Waals surface area contributed by atoms with Crippen LogP contribution in [0.5, 0.6) is 0 Å². The molecule has 31 heavy (non-hydrogen) atoms. The number of benzene rings is 2. The molecular weight excluding hydrogens is 394 g/mol. The molecule has 0 amide bonds. The van der Waals surface area contributed by atoms with E-state index in [1.807, 2.05) is 30.3 Å². The second-order valence-corrected chi connectivity index (χ2v) is 6.86. The third kappa shape index (κ3) is 3.46. The van der Waals surface area contributed by atoms with E-state index in [2.05, 4.69) is 0 Å². The Bertz CT molecular complexity index is 1300. The van der Waals surface area contributed by atoms with Gasteiger partial charge in [-0.1, -0.05) is 54.6 Å². The zero-order chi connectivity index (χ0) is 22.0. The minimum absolute atomic E-state index is 0.0136. The summed E-state index contributed by atoms with van der Waals surface area (Å²) in [5, 5.41) is 1.62. The van der Waals surface area contributed by atoms with Crippen molar-refractivity contribution in [2.75, 3.05) is 13.2 Å². The Kier molecular flexibility index (Phi) is 5.54. The molecule has 2 aromatic heterocycles. The van der Waals surface area contributed by atoms with Crippen LogP contribution >= 0.6 is 0 Å². The maximum absolute atomic E-state index is 13.7. The molecular formula is C25H21NO5. The topological polar surface area (TPSA) is 74.1 Å². The van der Waals surface area contributed by atoms with E-state index in [1.165, 1.54) is 0 Å². The van der Waals surface area contributed by atoms with Crippen LogP contribution in [-0.2, 0) is 9.47 Å². The number of pyridine rings is 1. The van der Waals surface area contributed by atoms with E-state index in [1.54, 1.807) is 54.8 Å². The fraction of sp³-hybridized carbons (Fsp3) is 0.160. The molecule has 0 aliphatic rings. The first-order chi connectivity index (χ1) is 15.1. The Morgan fingerprint density at radius 3 is 2.13 bits per heavy atom. The van der Waals surface area contributed by atoms with Crippen molar-refractivity contribution in [1.29, 1.82) is 0 Å². The Morgan fingerprint density at radius 1 is 0.774 bits per heavy atom. The highest BCUT2D eigenvalue weighted by Crippen LogP contribution is 2.33. The second-order valence-electron chi connectivity index (χ2n) is 6.86. The van der Waals surface area contributed by atoms with Gasteiger partial charge in [-0.3, -0.25) is 4.79 Å². The van der Waals surface area contributed by atoms with Gasteiger partial charge in [0.1, 0.15) is 11.3 Å². The quantitative estimate of drug-likeness (QED) is 0.338. The predicted octanol–water partition coefficient (Wildman–Crippen LogP) is 4.68. The standard InChI is InChI=1S/C25H21NO5/c1-3-30-24(28)20-19(23(27)17-11-6-5-7-12-17)21-18-13-9-8-10-16(18)14-15-26(21)22(20)25(29)31-4-2/h5-15H,3-4H2,1-2H3. The van der Waals surface area contributed by atoms with E-state index in [4.69, 9.17) is 9.47 Å². The van der Waals surface area contributed by atoms with Gasteiger partial charge in [0.05, 0.1) is 24.3 Å². The van der Waals surface area contributed by atoms with Crippen molar-refractivity contribution in [1.82, 2.24) is 4.40 Å². The van der Waals surface area contributed by atoms with Gasteiger partial charge in [0.15, 0.2) is 5.78 Å². The number of hydrogen-bond donors (Lipinski definition) is 0. The first-order valence-electron chi connectivity index (χ1n) is 10.1. The molecule has 2 aromatic carbocycles. The van der Waals surface area contributed by atoms with Gasteiger partial charge in [-0.15, -0.1) is 0 Å². The van der Waals surface area contributed by atoms with Crippen molar-refractivity contribution in [2.45, 2.75) is 13.8 Å². The van der Waals surface area contributed by atoms with E-state index in [0.717, 1.165) is 10.8 Å². The number of ether oxygens (including phenoxy) is 2. The predicted molar refractivity (Wildman–Crippen MR) is 117 cm³/mol. The lowest BCUT2D eigenvalue weighted by atomic mass is 9.97. The summed E-state index contributed by atoms with van der Waals surface area (Å²) in [5.74, 6) is -1.80. The molecule has 4 rings (SSSR count). The SMILES string of the molecule is CCOC(=O)c1c(C(=O)c2ccccc2)c2c3ccccc3ccn2c1C(=O)OCC. The molecule has 4 aromatic rings. The van der Waals surface area contributed by atoms with Gasteiger partial charge in [-0.05, 0) is 25.3 Å². The lowest BCUT2D eigenvalue weighted by Gasteiger charge is -2.07. The number of esters is 2. The Labute approximate surface area is 179 Å². The van der Waals surface area contributed by atoms with Gasteiger partial charge in [0.2, 0.25) is 0 Å². The maximum atomic E-state index is 13.7. The molecule has 0 unspecified atom stereocenters. The van der Waals surface area contributed by atoms with Crippen LogP contribution < -0.4 is 0 Å². The highest BCUT2D eigenvalue weighted by molar-refractivity contribution is 6.24. The van der Waals surface area contributed by atoms with Crippen molar-refractivity contribution in [2.24, 2.45) is 0 Å². The highest BCUT2D eigenvalue weighted by Gasteiger charge is 2.34. The molecule has 0 radical (unpaired) electrons. The molecule has 0 N–H and O–H groups in total. The molecule has 0 spiro atoms. The van der Waals surface area contributed by atoms with Crippen molar-refractivity contribution >= 4 is 34.0 Å². The van der Waals surface area contributed by atoms with Crippen LogP contribution in [0.25, 0.3) is 16.3 Å². The van der Waals surface area contributed by atoms with Crippen molar-refractivity contribution < 1.29 is 23.9 Å². The summed E-state index contributed by atoms with van der Waals surface area (Å²) in [4.78, 5) is 39.6. The summed E-state index contributed by atoms with van der Waals surface area (Å²) in [7, 11) is 0. The Balaban J connectivity index is 2.17. The molecule has 2 heterocycles. The van der Waals surface area contributed by atoms with Gasteiger partial charge in [-0.25, -0.2) is 9.59 Å². The summed E-state index contributed by atoms with van der Waals surface area (Å²) in [5.41, 5.74) is 0.914. The van der Waals surface area contributed by atoms with Crippen LogP contribution in [0.2, 0.25) is 0 Å². The minimum Gasteiger partial charge on any atom is -0.462 e. The van der Waals surface area contributed by atoms with Crippen LogP contribution in [0.4, 0.5) is 0 Å². The normalized spacial score (nSPS) is 10.9. The van der Waals surface area contributed by atoms with Gasteiger partial charge in [0.25, 0.3) is 0 Å². The number of carbonyl (C=O) groups excluding carboxylic acids is 3. The Hall–Kier alpha value is -3.93. The summed E-state index contributed by atoms with van der Waals surface area (Å²) in [6.07, 6.45) is 1.68. The molecule has 0 saturated carbocycles. The van der Waals surface area contributed by atoms with Gasteiger partial charge in [-0.2, -0.15) is 0 Å². The van der Waals surface area contributed by atoms with Crippen molar-refractivity contribution in [3.63, 3.8) is 0 Å². The fourth-order valence-electron chi connectivity index (χ4n) is 3.77. The monoisotopic (exact) mass is 415 g/mol. The first-order valence-corrected chi connectivity index (χ1v) is 10.1. The summed E-state index contributed by atoms with van der Waals surface area (Å²) in [6, 6.07) is 18.0. The third-order valence-corrected chi connectivity index (χ3v) is 5.04. The Morgan fingerprint density at radius 2 is 1.42 bits per heavy atom. The number of ketones is 1. The van der Waals surface area contributed by atoms with Crippen LogP contribution in [-0.4, -0.2) is 35.3 Å².